The van der Waals surface area contributed by atoms with Crippen molar-refractivity contribution in [3.05, 3.63) is 64.5 Å². The fraction of sp³-hybridized carbons (Fsp3) is 0.364. The van der Waals surface area contributed by atoms with Crippen LogP contribution in [-0.4, -0.2) is 38.2 Å². The van der Waals surface area contributed by atoms with Gasteiger partial charge in [0.25, 0.3) is 5.56 Å². The van der Waals surface area contributed by atoms with Crippen molar-refractivity contribution >= 4 is 27.9 Å². The summed E-state index contributed by atoms with van der Waals surface area (Å²) in [6, 6.07) is 10.1. The molecular weight excluding hydrogens is 438 g/mol. The molecule has 1 fully saturated rings. The first kappa shape index (κ1) is 22.5. The maximum atomic E-state index is 14.5. The first-order chi connectivity index (χ1) is 15.4. The molecule has 0 bridgehead atoms. The van der Waals surface area contributed by atoms with Crippen LogP contribution in [0.25, 0.3) is 16.5 Å². The van der Waals surface area contributed by atoms with Crippen LogP contribution in [0.4, 0.5) is 14.6 Å². The van der Waals surface area contributed by atoms with Crippen LogP contribution in [0.3, 0.4) is 0 Å². The van der Waals surface area contributed by atoms with Crippen LogP contribution in [0, 0.1) is 17.6 Å². The maximum absolute atomic E-state index is 14.5. The van der Waals surface area contributed by atoms with Crippen LogP contribution < -0.4 is 15.2 Å². The monoisotopic (exact) mass is 462 g/mol. The number of hydrogen-bond acceptors (Lipinski definition) is 4. The molecule has 1 aliphatic heterocycles. The predicted molar refractivity (Wildman–Crippen MR) is 120 cm³/mol. The van der Waals surface area contributed by atoms with Gasteiger partial charge in [-0.3, -0.25) is 9.35 Å². The average molecular weight is 463 g/mol. The summed E-state index contributed by atoms with van der Waals surface area (Å²) < 4.78 is 51.3. The van der Waals surface area contributed by atoms with Gasteiger partial charge in [0.2, 0.25) is 11.3 Å². The third-order valence-corrected chi connectivity index (χ3v) is 6.22. The quantitative estimate of drug-likeness (QED) is 0.549. The second-order valence-electron chi connectivity index (χ2n) is 7.92. The van der Waals surface area contributed by atoms with E-state index < -0.39 is 28.5 Å². The molecule has 0 saturated carbocycles. The zero-order valence-electron chi connectivity index (χ0n) is 17.3. The minimum absolute atomic E-state index is 0.107. The van der Waals surface area contributed by atoms with Gasteiger partial charge in [0.15, 0.2) is 11.6 Å². The van der Waals surface area contributed by atoms with E-state index in [1.54, 1.807) is 12.1 Å². The molecule has 1 unspecified atom stereocenters. The van der Waals surface area contributed by atoms with E-state index in [-0.39, 0.29) is 11.6 Å². The van der Waals surface area contributed by atoms with E-state index in [1.807, 2.05) is 12.1 Å². The van der Waals surface area contributed by atoms with Crippen molar-refractivity contribution in [3.8, 4) is 5.69 Å². The SMILES string of the molecule is O=c1c2ccccc2c(N2CCCC[C@H](CCNS(=O)O)C2)nn1-c1ccc(F)cc1F. The minimum atomic E-state index is -2.04. The Kier molecular flexibility index (Phi) is 6.92. The van der Waals surface area contributed by atoms with Gasteiger partial charge in [0.05, 0.1) is 5.39 Å². The van der Waals surface area contributed by atoms with Gasteiger partial charge < -0.3 is 4.90 Å². The Balaban J connectivity index is 1.76. The highest BCUT2D eigenvalue weighted by molar-refractivity contribution is 7.77. The lowest BCUT2D eigenvalue weighted by atomic mass is 10.00. The normalized spacial score (nSPS) is 18.0. The maximum Gasteiger partial charge on any atom is 0.279 e. The third kappa shape index (κ3) is 4.87. The molecule has 4 rings (SSSR count). The van der Waals surface area contributed by atoms with E-state index in [9.17, 15) is 17.8 Å². The van der Waals surface area contributed by atoms with Crippen molar-refractivity contribution in [1.29, 1.82) is 0 Å². The summed E-state index contributed by atoms with van der Waals surface area (Å²) in [7, 11) is 0. The number of rotatable bonds is 6. The van der Waals surface area contributed by atoms with E-state index in [2.05, 4.69) is 14.7 Å². The van der Waals surface area contributed by atoms with Crippen LogP contribution in [-0.2, 0) is 11.3 Å². The molecule has 170 valence electrons. The van der Waals surface area contributed by atoms with Gasteiger partial charge in [0.1, 0.15) is 11.5 Å². The largest absolute Gasteiger partial charge is 0.354 e. The molecule has 32 heavy (non-hydrogen) atoms. The molecule has 0 radical (unpaired) electrons. The molecular formula is C22H24F2N4O3S. The molecule has 2 N–H and O–H groups in total. The van der Waals surface area contributed by atoms with E-state index in [4.69, 9.17) is 4.55 Å². The molecule has 10 heteroatoms. The molecule has 7 nitrogen and oxygen atoms in total. The average Bonchev–Trinajstić information content (AvgIpc) is 3.00. The van der Waals surface area contributed by atoms with Crippen molar-refractivity contribution in [1.82, 2.24) is 14.5 Å². The molecule has 2 aromatic carbocycles. The highest BCUT2D eigenvalue weighted by Gasteiger charge is 2.23. The Bertz CT molecular complexity index is 1200. The molecule has 2 heterocycles. The van der Waals surface area contributed by atoms with Gasteiger partial charge >= 0.3 is 0 Å². The lowest BCUT2D eigenvalue weighted by molar-refractivity contribution is 0.455. The van der Waals surface area contributed by atoms with Gasteiger partial charge in [-0.15, -0.1) is 5.10 Å². The number of benzene rings is 2. The van der Waals surface area contributed by atoms with E-state index >= 15 is 0 Å². The van der Waals surface area contributed by atoms with Crippen molar-refractivity contribution in [2.45, 2.75) is 25.7 Å². The number of nitrogens with one attached hydrogen (secondary N) is 1. The van der Waals surface area contributed by atoms with Crippen molar-refractivity contribution in [3.63, 3.8) is 0 Å². The number of hydrogen-bond donors (Lipinski definition) is 2. The van der Waals surface area contributed by atoms with E-state index in [1.165, 1.54) is 6.07 Å². The van der Waals surface area contributed by atoms with Gasteiger partial charge in [-0.2, -0.15) is 4.68 Å². The lowest BCUT2D eigenvalue weighted by Gasteiger charge is -2.27. The van der Waals surface area contributed by atoms with Gasteiger partial charge in [-0.1, -0.05) is 24.6 Å². The second-order valence-corrected chi connectivity index (χ2v) is 8.71. The first-order valence-electron chi connectivity index (χ1n) is 10.5. The number of anilines is 1. The highest BCUT2D eigenvalue weighted by atomic mass is 32.2. The first-order valence-corrected chi connectivity index (χ1v) is 11.6. The van der Waals surface area contributed by atoms with Gasteiger partial charge in [-0.25, -0.2) is 17.7 Å². The zero-order chi connectivity index (χ0) is 22.7. The Morgan fingerprint density at radius 2 is 1.94 bits per heavy atom. The molecule has 1 aliphatic rings. The summed E-state index contributed by atoms with van der Waals surface area (Å²) >= 11 is -2.04. The highest BCUT2D eigenvalue weighted by Crippen LogP contribution is 2.28. The molecule has 0 aliphatic carbocycles. The van der Waals surface area contributed by atoms with E-state index in [0.29, 0.717) is 36.1 Å². The summed E-state index contributed by atoms with van der Waals surface area (Å²) in [6.07, 6.45) is 3.62. The summed E-state index contributed by atoms with van der Waals surface area (Å²) in [6.45, 7) is 1.79. The summed E-state index contributed by atoms with van der Waals surface area (Å²) in [5, 5.41) is 5.61. The van der Waals surface area contributed by atoms with Gasteiger partial charge in [0, 0.05) is 31.1 Å². The van der Waals surface area contributed by atoms with Crippen LogP contribution in [0.5, 0.6) is 0 Å². The lowest BCUT2D eigenvalue weighted by Crippen LogP contribution is -2.33. The summed E-state index contributed by atoms with van der Waals surface area (Å²) in [5.41, 5.74) is -0.583. The number of aromatic nitrogens is 2. The van der Waals surface area contributed by atoms with Crippen LogP contribution in [0.2, 0.25) is 0 Å². The topological polar surface area (TPSA) is 87.5 Å². The summed E-state index contributed by atoms with van der Waals surface area (Å²) in [4.78, 5) is 15.2. The molecule has 1 aromatic heterocycles. The van der Waals surface area contributed by atoms with Crippen LogP contribution in [0.15, 0.2) is 47.3 Å². The van der Waals surface area contributed by atoms with Crippen LogP contribution >= 0.6 is 0 Å². The van der Waals surface area contributed by atoms with E-state index in [0.717, 1.165) is 42.6 Å². The predicted octanol–water partition coefficient (Wildman–Crippen LogP) is 3.39. The summed E-state index contributed by atoms with van der Waals surface area (Å²) in [5.74, 6) is -0.766. The Hall–Kier alpha value is -2.69. The van der Waals surface area contributed by atoms with Crippen molar-refractivity contribution in [2.24, 2.45) is 5.92 Å². The Labute approximate surface area is 186 Å². The zero-order valence-corrected chi connectivity index (χ0v) is 18.2. The molecule has 0 spiro atoms. The number of halogens is 2. The van der Waals surface area contributed by atoms with Gasteiger partial charge in [-0.05, 0) is 43.4 Å². The van der Waals surface area contributed by atoms with Crippen LogP contribution in [0.1, 0.15) is 25.7 Å². The molecule has 1 saturated heterocycles. The standard InChI is InChI=1S/C22H24F2N4O3S/c23-16-8-9-20(19(24)13-16)28-22(29)18-7-2-1-6-17(18)21(26-28)27-12-4-3-5-15(14-27)10-11-25-32(30)31/h1-2,6-9,13,15,25H,3-5,10-12,14H2,(H,30,31)/t15-/m1/s1. The molecule has 3 aromatic rings. The Morgan fingerprint density at radius 3 is 2.69 bits per heavy atom. The smallest absolute Gasteiger partial charge is 0.279 e. The number of nitrogens with zero attached hydrogens (tertiary/aromatic N) is 3. The van der Waals surface area contributed by atoms with Crippen molar-refractivity contribution < 1.29 is 17.5 Å². The second kappa shape index (κ2) is 9.85. The number of fused-ring (bicyclic) bond motifs is 1. The van der Waals surface area contributed by atoms with Crippen molar-refractivity contribution in [2.75, 3.05) is 24.5 Å². The molecule has 0 amide bonds. The molecule has 2 atom stereocenters. The minimum Gasteiger partial charge on any atom is -0.354 e. The Morgan fingerprint density at radius 1 is 1.16 bits per heavy atom. The fourth-order valence-corrected chi connectivity index (χ4v) is 4.52. The fourth-order valence-electron chi connectivity index (χ4n) is 4.23. The third-order valence-electron chi connectivity index (χ3n) is 5.77.